The van der Waals surface area contributed by atoms with Crippen molar-refractivity contribution in [1.29, 1.82) is 0 Å². The van der Waals surface area contributed by atoms with E-state index in [0.29, 0.717) is 43.0 Å². The first kappa shape index (κ1) is 18.4. The normalized spacial score (nSPS) is 23.0. The van der Waals surface area contributed by atoms with E-state index in [0.717, 1.165) is 6.42 Å². The molecule has 1 aliphatic heterocycles. The molecule has 0 aliphatic carbocycles. The third-order valence-corrected chi connectivity index (χ3v) is 5.03. The van der Waals surface area contributed by atoms with Gasteiger partial charge in [0.1, 0.15) is 5.69 Å². The van der Waals surface area contributed by atoms with Crippen LogP contribution in [0.3, 0.4) is 0 Å². The smallest absolute Gasteiger partial charge is 0.257 e. The number of carbonyl (C=O) groups excluding carboxylic acids is 1. The third kappa shape index (κ3) is 3.59. The fourth-order valence-corrected chi connectivity index (χ4v) is 3.55. The Morgan fingerprint density at radius 2 is 2.08 bits per heavy atom. The molecule has 1 aliphatic rings. The largest absolute Gasteiger partial charge is 0.396 e. The minimum absolute atomic E-state index is 0.138. The average molecular weight is 356 g/mol. The standard InChI is InChI=1S/C19H24N4O3/c1-2-7-19(13-24)12-23(9-6-16(19)25)18(26)14-10-21-17(22-11-14)15-5-3-4-8-20-15/h3-5,8,10-11,16,24-25H,2,6-7,9,12-13H2,1H3/t16-,19+/m1/s1. The Morgan fingerprint density at radius 1 is 1.31 bits per heavy atom. The average Bonchev–Trinajstić information content (AvgIpc) is 2.70. The van der Waals surface area contributed by atoms with Crippen LogP contribution in [0.15, 0.2) is 36.8 Å². The van der Waals surface area contributed by atoms with Crippen LogP contribution in [0.1, 0.15) is 36.5 Å². The molecule has 7 heteroatoms. The van der Waals surface area contributed by atoms with Gasteiger partial charge in [0.15, 0.2) is 5.82 Å². The number of hydrogen-bond acceptors (Lipinski definition) is 6. The van der Waals surface area contributed by atoms with Gasteiger partial charge >= 0.3 is 0 Å². The topological polar surface area (TPSA) is 99.4 Å². The Bertz CT molecular complexity index is 738. The molecule has 0 unspecified atom stereocenters. The summed E-state index contributed by atoms with van der Waals surface area (Å²) in [4.78, 5) is 27.2. The van der Waals surface area contributed by atoms with Gasteiger partial charge in [0.05, 0.1) is 18.3 Å². The molecule has 0 radical (unpaired) electrons. The van der Waals surface area contributed by atoms with Crippen LogP contribution in [-0.4, -0.2) is 61.8 Å². The molecule has 138 valence electrons. The van der Waals surface area contributed by atoms with E-state index in [4.69, 9.17) is 0 Å². The maximum atomic E-state index is 12.8. The van der Waals surface area contributed by atoms with Gasteiger partial charge in [-0.2, -0.15) is 0 Å². The van der Waals surface area contributed by atoms with Gasteiger partial charge in [0.25, 0.3) is 5.91 Å². The number of rotatable bonds is 5. The molecule has 7 nitrogen and oxygen atoms in total. The van der Waals surface area contributed by atoms with E-state index in [1.54, 1.807) is 11.1 Å². The zero-order chi connectivity index (χ0) is 18.6. The lowest BCUT2D eigenvalue weighted by molar-refractivity contribution is -0.0720. The highest BCUT2D eigenvalue weighted by Gasteiger charge is 2.43. The molecule has 3 heterocycles. The fraction of sp³-hybridized carbons (Fsp3) is 0.474. The predicted octanol–water partition coefficient (Wildman–Crippen LogP) is 1.52. The van der Waals surface area contributed by atoms with Crippen LogP contribution >= 0.6 is 0 Å². The molecule has 1 amide bonds. The SMILES string of the molecule is CCC[C@@]1(CO)CN(C(=O)c2cnc(-c3ccccn3)nc2)CC[C@H]1O. The van der Waals surface area contributed by atoms with E-state index in [1.807, 2.05) is 25.1 Å². The van der Waals surface area contributed by atoms with Gasteiger partial charge in [0, 0.05) is 37.1 Å². The first-order valence-electron chi connectivity index (χ1n) is 8.91. The molecule has 1 saturated heterocycles. The number of piperidine rings is 1. The zero-order valence-electron chi connectivity index (χ0n) is 14.9. The van der Waals surface area contributed by atoms with Crippen LogP contribution in [0.5, 0.6) is 0 Å². The maximum absolute atomic E-state index is 12.8. The molecule has 26 heavy (non-hydrogen) atoms. The summed E-state index contributed by atoms with van der Waals surface area (Å²) in [5.41, 5.74) is 0.386. The summed E-state index contributed by atoms with van der Waals surface area (Å²) < 4.78 is 0. The lowest BCUT2D eigenvalue weighted by atomic mass is 9.74. The monoisotopic (exact) mass is 356 g/mol. The van der Waals surface area contributed by atoms with Gasteiger partial charge < -0.3 is 15.1 Å². The molecule has 3 rings (SSSR count). The van der Waals surface area contributed by atoms with Crippen molar-refractivity contribution < 1.29 is 15.0 Å². The number of aliphatic hydroxyl groups excluding tert-OH is 2. The molecule has 2 N–H and O–H groups in total. The van der Waals surface area contributed by atoms with Gasteiger partial charge in [-0.05, 0) is 25.0 Å². The Kier molecular flexibility index (Phi) is 5.58. The molecule has 0 spiro atoms. The summed E-state index contributed by atoms with van der Waals surface area (Å²) in [6, 6.07) is 5.48. The lowest BCUT2D eigenvalue weighted by Gasteiger charge is -2.45. The van der Waals surface area contributed by atoms with Gasteiger partial charge in [0.2, 0.25) is 0 Å². The molecular weight excluding hydrogens is 332 g/mol. The van der Waals surface area contributed by atoms with Crippen molar-refractivity contribution in [3.8, 4) is 11.5 Å². The molecule has 0 bridgehead atoms. The summed E-state index contributed by atoms with van der Waals surface area (Å²) in [6.07, 6.45) is 6.04. The minimum atomic E-state index is -0.655. The van der Waals surface area contributed by atoms with Crippen molar-refractivity contribution in [2.75, 3.05) is 19.7 Å². The molecule has 0 aromatic carbocycles. The predicted molar refractivity (Wildman–Crippen MR) is 96.2 cm³/mol. The third-order valence-electron chi connectivity index (χ3n) is 5.03. The van der Waals surface area contributed by atoms with Crippen LogP contribution in [-0.2, 0) is 0 Å². The van der Waals surface area contributed by atoms with Gasteiger partial charge in [-0.25, -0.2) is 9.97 Å². The molecule has 2 atom stereocenters. The van der Waals surface area contributed by atoms with E-state index in [-0.39, 0.29) is 12.5 Å². The van der Waals surface area contributed by atoms with E-state index in [2.05, 4.69) is 15.0 Å². The summed E-state index contributed by atoms with van der Waals surface area (Å²) in [7, 11) is 0. The van der Waals surface area contributed by atoms with Crippen molar-refractivity contribution >= 4 is 5.91 Å². The highest BCUT2D eigenvalue weighted by Crippen LogP contribution is 2.35. The molecule has 1 fully saturated rings. The van der Waals surface area contributed by atoms with Crippen LogP contribution in [0.2, 0.25) is 0 Å². The number of hydrogen-bond donors (Lipinski definition) is 2. The number of amides is 1. The van der Waals surface area contributed by atoms with E-state index in [1.165, 1.54) is 12.4 Å². The van der Waals surface area contributed by atoms with Crippen molar-refractivity contribution in [3.63, 3.8) is 0 Å². The Balaban J connectivity index is 1.76. The molecule has 2 aromatic heterocycles. The number of aliphatic hydroxyl groups is 2. The molecule has 0 saturated carbocycles. The number of carbonyl (C=O) groups is 1. The fourth-order valence-electron chi connectivity index (χ4n) is 3.55. The number of pyridine rings is 1. The quantitative estimate of drug-likeness (QED) is 0.843. The summed E-state index contributed by atoms with van der Waals surface area (Å²) >= 11 is 0. The van der Waals surface area contributed by atoms with Crippen LogP contribution in [0, 0.1) is 5.41 Å². The maximum Gasteiger partial charge on any atom is 0.257 e. The first-order valence-corrected chi connectivity index (χ1v) is 8.91. The van der Waals surface area contributed by atoms with E-state index < -0.39 is 11.5 Å². The van der Waals surface area contributed by atoms with Gasteiger partial charge in [-0.1, -0.05) is 19.4 Å². The first-order chi connectivity index (χ1) is 12.6. The van der Waals surface area contributed by atoms with Crippen molar-refractivity contribution in [2.24, 2.45) is 5.41 Å². The van der Waals surface area contributed by atoms with Crippen LogP contribution < -0.4 is 0 Å². The van der Waals surface area contributed by atoms with Crippen molar-refractivity contribution in [2.45, 2.75) is 32.3 Å². The Labute approximate surface area is 152 Å². The summed E-state index contributed by atoms with van der Waals surface area (Å²) in [6.45, 7) is 2.66. The Hall–Kier alpha value is -2.38. The van der Waals surface area contributed by atoms with E-state index >= 15 is 0 Å². The van der Waals surface area contributed by atoms with Crippen molar-refractivity contribution in [1.82, 2.24) is 19.9 Å². The van der Waals surface area contributed by atoms with Crippen LogP contribution in [0.25, 0.3) is 11.5 Å². The number of aromatic nitrogens is 3. The van der Waals surface area contributed by atoms with Crippen molar-refractivity contribution in [3.05, 3.63) is 42.4 Å². The highest BCUT2D eigenvalue weighted by atomic mass is 16.3. The second-order valence-electron chi connectivity index (χ2n) is 6.81. The summed E-state index contributed by atoms with van der Waals surface area (Å²) in [5, 5.41) is 20.2. The number of nitrogens with zero attached hydrogens (tertiary/aromatic N) is 4. The Morgan fingerprint density at radius 3 is 2.69 bits per heavy atom. The second kappa shape index (κ2) is 7.88. The highest BCUT2D eigenvalue weighted by molar-refractivity contribution is 5.93. The van der Waals surface area contributed by atoms with Crippen LogP contribution in [0.4, 0.5) is 0 Å². The van der Waals surface area contributed by atoms with Gasteiger partial charge in [-0.15, -0.1) is 0 Å². The lowest BCUT2D eigenvalue weighted by Crippen LogP contribution is -2.55. The van der Waals surface area contributed by atoms with Gasteiger partial charge in [-0.3, -0.25) is 9.78 Å². The molecular formula is C19H24N4O3. The summed E-state index contributed by atoms with van der Waals surface area (Å²) in [5.74, 6) is 0.283. The second-order valence-corrected chi connectivity index (χ2v) is 6.81. The van der Waals surface area contributed by atoms with E-state index in [9.17, 15) is 15.0 Å². The zero-order valence-corrected chi connectivity index (χ0v) is 14.9. The number of likely N-dealkylation sites (tertiary alicyclic amines) is 1. The minimum Gasteiger partial charge on any atom is -0.396 e. The molecule has 2 aromatic rings.